The molecule has 13 heavy (non-hydrogen) atoms. The molecule has 0 aromatic carbocycles. The van der Waals surface area contributed by atoms with Crippen LogP contribution in [0, 0.1) is 5.92 Å². The van der Waals surface area contributed by atoms with Gasteiger partial charge in [0.05, 0.1) is 0 Å². The number of rotatable bonds is 3. The highest BCUT2D eigenvalue weighted by atomic mass is 32.2. The third-order valence-corrected chi connectivity index (χ3v) is 4.12. The quantitative estimate of drug-likeness (QED) is 0.691. The largest absolute Gasteiger partial charge is 0.297 e. The lowest BCUT2D eigenvalue weighted by molar-refractivity contribution is 0.166. The van der Waals surface area contributed by atoms with Crippen molar-refractivity contribution in [3.8, 4) is 0 Å². The van der Waals surface area contributed by atoms with E-state index in [1.165, 1.54) is 13.0 Å². The molecule has 0 radical (unpaired) electrons. The summed E-state index contributed by atoms with van der Waals surface area (Å²) in [4.78, 5) is 2.67. The summed E-state index contributed by atoms with van der Waals surface area (Å²) in [5, 5.41) is 0.870. The SMILES string of the molecule is CSC1CC(C(C)C)N(C(C)C)C1. The summed E-state index contributed by atoms with van der Waals surface area (Å²) >= 11 is 2.03. The van der Waals surface area contributed by atoms with Gasteiger partial charge < -0.3 is 0 Å². The normalized spacial score (nSPS) is 30.7. The van der Waals surface area contributed by atoms with Gasteiger partial charge in [0.25, 0.3) is 0 Å². The predicted molar refractivity (Wildman–Crippen MR) is 62.4 cm³/mol. The Balaban J connectivity index is 2.60. The first-order valence-electron chi connectivity index (χ1n) is 5.34. The Bertz CT molecular complexity index is 140. The Morgan fingerprint density at radius 1 is 1.23 bits per heavy atom. The Kier molecular flexibility index (Phi) is 4.11. The molecular formula is C11H23NS. The first kappa shape index (κ1) is 11.4. The molecule has 0 aromatic rings. The van der Waals surface area contributed by atoms with E-state index in [2.05, 4.69) is 38.9 Å². The zero-order valence-electron chi connectivity index (χ0n) is 9.58. The fraction of sp³-hybridized carbons (Fsp3) is 1.00. The van der Waals surface area contributed by atoms with E-state index in [1.54, 1.807) is 0 Å². The Morgan fingerprint density at radius 3 is 2.15 bits per heavy atom. The number of hydrogen-bond acceptors (Lipinski definition) is 2. The lowest BCUT2D eigenvalue weighted by Gasteiger charge is -2.30. The molecule has 0 amide bonds. The molecule has 1 nitrogen and oxygen atoms in total. The smallest absolute Gasteiger partial charge is 0.0187 e. The van der Waals surface area contributed by atoms with Crippen LogP contribution in [0.25, 0.3) is 0 Å². The maximum Gasteiger partial charge on any atom is 0.0187 e. The van der Waals surface area contributed by atoms with Crippen molar-refractivity contribution >= 4 is 11.8 Å². The first-order valence-corrected chi connectivity index (χ1v) is 6.63. The zero-order valence-corrected chi connectivity index (χ0v) is 10.4. The lowest BCUT2D eigenvalue weighted by Crippen LogP contribution is -2.38. The molecule has 2 unspecified atom stereocenters. The van der Waals surface area contributed by atoms with Crippen molar-refractivity contribution in [3.63, 3.8) is 0 Å². The van der Waals surface area contributed by atoms with Gasteiger partial charge in [0.15, 0.2) is 0 Å². The maximum absolute atomic E-state index is 2.67. The molecule has 0 saturated carbocycles. The van der Waals surface area contributed by atoms with Crippen LogP contribution >= 0.6 is 11.8 Å². The number of hydrogen-bond donors (Lipinski definition) is 0. The van der Waals surface area contributed by atoms with Crippen molar-refractivity contribution in [1.29, 1.82) is 0 Å². The fourth-order valence-corrected chi connectivity index (χ4v) is 2.98. The van der Waals surface area contributed by atoms with Gasteiger partial charge in [0, 0.05) is 23.9 Å². The van der Waals surface area contributed by atoms with Crippen LogP contribution in [0.5, 0.6) is 0 Å². The van der Waals surface area contributed by atoms with Gasteiger partial charge in [0.2, 0.25) is 0 Å². The molecule has 78 valence electrons. The molecule has 0 N–H and O–H groups in total. The van der Waals surface area contributed by atoms with E-state index in [9.17, 15) is 0 Å². The van der Waals surface area contributed by atoms with Crippen molar-refractivity contribution in [2.24, 2.45) is 5.92 Å². The van der Waals surface area contributed by atoms with Crippen molar-refractivity contribution in [2.75, 3.05) is 12.8 Å². The van der Waals surface area contributed by atoms with Crippen molar-refractivity contribution in [2.45, 2.75) is 51.4 Å². The van der Waals surface area contributed by atoms with Gasteiger partial charge in [-0.05, 0) is 32.4 Å². The predicted octanol–water partition coefficient (Wildman–Crippen LogP) is 2.86. The average Bonchev–Trinajstić information content (AvgIpc) is 2.47. The molecule has 0 aromatic heterocycles. The van der Waals surface area contributed by atoms with Gasteiger partial charge in [-0.15, -0.1) is 0 Å². The molecule has 1 aliphatic heterocycles. The van der Waals surface area contributed by atoms with Crippen molar-refractivity contribution < 1.29 is 0 Å². The first-order chi connectivity index (χ1) is 6.06. The Morgan fingerprint density at radius 2 is 1.85 bits per heavy atom. The highest BCUT2D eigenvalue weighted by Gasteiger charge is 2.34. The second-order valence-corrected chi connectivity index (χ2v) is 5.83. The van der Waals surface area contributed by atoms with Crippen LogP contribution in [-0.2, 0) is 0 Å². The summed E-state index contributed by atoms with van der Waals surface area (Å²) in [6, 6.07) is 1.53. The number of nitrogens with zero attached hydrogens (tertiary/aromatic N) is 1. The maximum atomic E-state index is 2.67. The third-order valence-electron chi connectivity index (χ3n) is 3.11. The highest BCUT2D eigenvalue weighted by Crippen LogP contribution is 2.31. The second kappa shape index (κ2) is 4.70. The summed E-state index contributed by atoms with van der Waals surface area (Å²) in [5.41, 5.74) is 0. The van der Waals surface area contributed by atoms with Crippen LogP contribution in [0.4, 0.5) is 0 Å². The monoisotopic (exact) mass is 201 g/mol. The average molecular weight is 201 g/mol. The topological polar surface area (TPSA) is 3.24 Å². The van der Waals surface area contributed by atoms with Crippen LogP contribution in [0.15, 0.2) is 0 Å². The number of likely N-dealkylation sites (tertiary alicyclic amines) is 1. The summed E-state index contributed by atoms with van der Waals surface area (Å²) in [6.07, 6.45) is 3.63. The van der Waals surface area contributed by atoms with Gasteiger partial charge in [-0.1, -0.05) is 13.8 Å². The molecule has 1 saturated heterocycles. The molecule has 0 spiro atoms. The van der Waals surface area contributed by atoms with Crippen LogP contribution in [-0.4, -0.2) is 35.0 Å². The van der Waals surface area contributed by atoms with Gasteiger partial charge in [0.1, 0.15) is 0 Å². The van der Waals surface area contributed by atoms with Gasteiger partial charge in [-0.2, -0.15) is 11.8 Å². The third kappa shape index (κ3) is 2.63. The summed E-state index contributed by atoms with van der Waals surface area (Å²) in [7, 11) is 0. The van der Waals surface area contributed by atoms with Crippen molar-refractivity contribution in [3.05, 3.63) is 0 Å². The molecule has 0 aliphatic carbocycles. The van der Waals surface area contributed by atoms with E-state index in [0.717, 1.165) is 17.2 Å². The minimum Gasteiger partial charge on any atom is -0.297 e. The van der Waals surface area contributed by atoms with Crippen LogP contribution in [0.1, 0.15) is 34.1 Å². The molecule has 1 aliphatic rings. The molecule has 1 fully saturated rings. The Hall–Kier alpha value is 0.310. The molecule has 1 rings (SSSR count). The lowest BCUT2D eigenvalue weighted by atomic mass is 10.0. The van der Waals surface area contributed by atoms with E-state index in [0.29, 0.717) is 6.04 Å². The molecule has 2 heteroatoms. The summed E-state index contributed by atoms with van der Waals surface area (Å²) in [5.74, 6) is 0.805. The second-order valence-electron chi connectivity index (χ2n) is 4.70. The van der Waals surface area contributed by atoms with Gasteiger partial charge in [-0.3, -0.25) is 4.90 Å². The van der Waals surface area contributed by atoms with Gasteiger partial charge in [-0.25, -0.2) is 0 Å². The van der Waals surface area contributed by atoms with Crippen LogP contribution in [0.2, 0.25) is 0 Å². The van der Waals surface area contributed by atoms with Crippen LogP contribution < -0.4 is 0 Å². The minimum absolute atomic E-state index is 0.713. The molecular weight excluding hydrogens is 178 g/mol. The van der Waals surface area contributed by atoms with E-state index in [-0.39, 0.29) is 0 Å². The molecule has 2 atom stereocenters. The van der Waals surface area contributed by atoms with Crippen LogP contribution in [0.3, 0.4) is 0 Å². The summed E-state index contributed by atoms with van der Waals surface area (Å²) in [6.45, 7) is 10.6. The minimum atomic E-state index is 0.713. The standard InChI is InChI=1S/C11H23NS/c1-8(2)11-6-10(13-5)7-12(11)9(3)4/h8-11H,6-7H2,1-5H3. The van der Waals surface area contributed by atoms with E-state index in [4.69, 9.17) is 0 Å². The fourth-order valence-electron chi connectivity index (χ4n) is 2.27. The van der Waals surface area contributed by atoms with E-state index < -0.39 is 0 Å². The van der Waals surface area contributed by atoms with Gasteiger partial charge >= 0.3 is 0 Å². The molecule has 1 heterocycles. The van der Waals surface area contributed by atoms with E-state index in [1.807, 2.05) is 11.8 Å². The van der Waals surface area contributed by atoms with Crippen molar-refractivity contribution in [1.82, 2.24) is 4.90 Å². The Labute approximate surface area is 87.3 Å². The summed E-state index contributed by atoms with van der Waals surface area (Å²) < 4.78 is 0. The zero-order chi connectivity index (χ0) is 10.0. The van der Waals surface area contributed by atoms with E-state index >= 15 is 0 Å². The number of thioether (sulfide) groups is 1. The highest BCUT2D eigenvalue weighted by molar-refractivity contribution is 7.99. The molecule has 0 bridgehead atoms.